The number of alkyl halides is 1. The molecule has 2 aromatic heterocycles. The Morgan fingerprint density at radius 1 is 0.985 bits per heavy atom. The summed E-state index contributed by atoms with van der Waals surface area (Å²) in [5.41, 5.74) is 3.09. The lowest BCUT2D eigenvalue weighted by Crippen LogP contribution is -2.43. The Morgan fingerprint density at radius 3 is 2.09 bits per heavy atom. The number of anilines is 3. The molecular weight excluding hydrogens is 963 g/mol. The van der Waals surface area contributed by atoms with Gasteiger partial charge in [0.05, 0.1) is 53.0 Å². The van der Waals surface area contributed by atoms with Crippen molar-refractivity contribution in [3.05, 3.63) is 73.2 Å². The second kappa shape index (κ2) is 27.7. The van der Waals surface area contributed by atoms with Gasteiger partial charge in [-0.25, -0.2) is 4.79 Å². The number of carbonyl (C=O) groups excluding carboxylic acids is 1. The zero-order chi connectivity index (χ0) is 50.7. The number of methoxy groups -OCH3 is 1. The summed E-state index contributed by atoms with van der Waals surface area (Å²) in [7, 11) is -2.46. The molecular formula is C42H64Cl4N9O10P. The molecule has 24 heteroatoms. The van der Waals surface area contributed by atoms with Gasteiger partial charge in [0, 0.05) is 30.7 Å². The SMILES string of the molecule is CC(C)Oc1cc(-n2nc(C(C)(C)C)oc2=O)c(Cl)cc1Cl.CCNc1nc(Cl)nc(NC(C)(C)C)n1.CCc1cccc(C)c1N(C(=O)CCl)C(C)COC.O=C(O)CNCP(=O)(O)O. The van der Waals surface area contributed by atoms with Gasteiger partial charge >= 0.3 is 19.3 Å². The number of para-hydroxylation sites is 1. The van der Waals surface area contributed by atoms with Crippen molar-refractivity contribution >= 4 is 83.5 Å². The molecule has 0 bridgehead atoms. The molecule has 1 atom stereocenters. The minimum atomic E-state index is -4.10. The van der Waals surface area contributed by atoms with Gasteiger partial charge in [-0.2, -0.15) is 19.6 Å². The number of aromatic nitrogens is 5. The van der Waals surface area contributed by atoms with Crippen molar-refractivity contribution in [2.75, 3.05) is 54.5 Å². The first-order valence-corrected chi connectivity index (χ1v) is 24.1. The Morgan fingerprint density at radius 2 is 1.61 bits per heavy atom. The molecule has 1 unspecified atom stereocenters. The van der Waals surface area contributed by atoms with Gasteiger partial charge in [-0.3, -0.25) is 19.5 Å². The molecule has 19 nitrogen and oxygen atoms in total. The molecule has 4 rings (SSSR count). The zero-order valence-corrected chi connectivity index (χ0v) is 43.5. The summed E-state index contributed by atoms with van der Waals surface area (Å²) in [5.74, 6) is -0.125. The van der Waals surface area contributed by atoms with Crippen LogP contribution in [0, 0.1) is 6.92 Å². The van der Waals surface area contributed by atoms with Crippen molar-refractivity contribution < 1.29 is 42.9 Å². The highest BCUT2D eigenvalue weighted by atomic mass is 35.5. The van der Waals surface area contributed by atoms with E-state index in [0.29, 0.717) is 40.9 Å². The number of benzene rings is 2. The highest BCUT2D eigenvalue weighted by Gasteiger charge is 2.26. The normalized spacial score (nSPS) is 11.8. The predicted octanol–water partition coefficient (Wildman–Crippen LogP) is 8.34. The van der Waals surface area contributed by atoms with E-state index in [0.717, 1.165) is 34.5 Å². The maximum Gasteiger partial charge on any atom is 0.442 e. The van der Waals surface area contributed by atoms with Crippen molar-refractivity contribution in [2.45, 2.75) is 113 Å². The van der Waals surface area contributed by atoms with E-state index in [4.69, 9.17) is 75.2 Å². The van der Waals surface area contributed by atoms with Crippen LogP contribution in [0.5, 0.6) is 5.75 Å². The first kappa shape index (κ1) is 60.0. The number of aliphatic carboxylic acids is 1. The molecule has 66 heavy (non-hydrogen) atoms. The number of hydrogen-bond donors (Lipinski definition) is 6. The zero-order valence-electron chi connectivity index (χ0n) is 39.6. The minimum absolute atomic E-state index is 0.0223. The van der Waals surface area contributed by atoms with E-state index in [2.05, 4.69) is 49.0 Å². The van der Waals surface area contributed by atoms with Crippen LogP contribution in [0.2, 0.25) is 15.3 Å². The lowest BCUT2D eigenvalue weighted by Gasteiger charge is -2.31. The fourth-order valence-electron chi connectivity index (χ4n) is 5.37. The predicted molar refractivity (Wildman–Crippen MR) is 262 cm³/mol. The third-order valence-corrected chi connectivity index (χ3v) is 9.61. The monoisotopic (exact) mass is 1030 g/mol. The quantitative estimate of drug-likeness (QED) is 0.0455. The molecule has 6 N–H and O–H groups in total. The van der Waals surface area contributed by atoms with E-state index in [9.17, 15) is 18.9 Å². The number of amides is 1. The van der Waals surface area contributed by atoms with Crippen LogP contribution >= 0.6 is 54.0 Å². The largest absolute Gasteiger partial charge is 0.489 e. The maximum absolute atomic E-state index is 12.2. The van der Waals surface area contributed by atoms with Gasteiger partial charge in [0.1, 0.15) is 11.6 Å². The van der Waals surface area contributed by atoms with E-state index in [-0.39, 0.29) is 45.2 Å². The molecule has 0 aliphatic rings. The van der Waals surface area contributed by atoms with Crippen LogP contribution in [-0.4, -0.2) is 108 Å². The highest BCUT2D eigenvalue weighted by Crippen LogP contribution is 2.34. The number of halogens is 4. The second-order valence-electron chi connectivity index (χ2n) is 16.7. The highest BCUT2D eigenvalue weighted by molar-refractivity contribution is 7.51. The van der Waals surface area contributed by atoms with Gasteiger partial charge in [-0.05, 0) is 90.6 Å². The number of aryl methyl sites for hydroxylation is 2. The number of carbonyl (C=O) groups is 2. The molecule has 0 saturated heterocycles. The van der Waals surface area contributed by atoms with Gasteiger partial charge in [-0.1, -0.05) is 69.1 Å². The fourth-order valence-corrected chi connectivity index (χ4v) is 6.57. The van der Waals surface area contributed by atoms with Crippen LogP contribution in [0.3, 0.4) is 0 Å². The topological polar surface area (TPSA) is 256 Å². The standard InChI is InChI=1S/C15H18Cl2N2O3.C15H22ClNO2.C9H16ClN5.C3H8NO5P/c1-8(2)21-12-7-11(9(16)6-10(12)17)19-14(20)22-13(18-19)15(3,4)5;1-5-13-8-6-7-11(2)15(13)17(14(18)9-16)12(3)10-19-4;1-5-11-7-12-6(10)13-8(14-7)15-9(2,3)4;5-3(6)1-4-2-10(7,8)9/h6-8H,1-5H3;6-8,12H,5,9-10H2,1-4H3;5H2,1-4H3,(H2,11,12,13,14,15);4H,1-2H2,(H,5,6)(H2,7,8,9). The summed E-state index contributed by atoms with van der Waals surface area (Å²) in [5, 5.41) is 21.2. The summed E-state index contributed by atoms with van der Waals surface area (Å²) in [6.07, 6.45) is 0.216. The van der Waals surface area contributed by atoms with Crippen molar-refractivity contribution in [3.63, 3.8) is 0 Å². The average Bonchev–Trinajstić information content (AvgIpc) is 3.57. The molecule has 370 valence electrons. The van der Waals surface area contributed by atoms with Crippen molar-refractivity contribution in [1.29, 1.82) is 0 Å². The Bertz CT molecular complexity index is 2280. The molecule has 4 aromatic rings. The van der Waals surface area contributed by atoms with Crippen molar-refractivity contribution in [2.24, 2.45) is 0 Å². The number of carboxylic acid groups (broad SMARTS) is 1. The first-order valence-electron chi connectivity index (χ1n) is 20.6. The molecule has 0 spiro atoms. The lowest BCUT2D eigenvalue weighted by atomic mass is 9.97. The maximum atomic E-state index is 12.2. The fraction of sp³-hybridized carbons (Fsp3) is 0.548. The summed E-state index contributed by atoms with van der Waals surface area (Å²) in [4.78, 5) is 64.3. The molecule has 2 aromatic carbocycles. The molecule has 0 fully saturated rings. The molecule has 2 heterocycles. The number of nitrogens with zero attached hydrogens (tertiary/aromatic N) is 6. The molecule has 0 saturated carbocycles. The summed E-state index contributed by atoms with van der Waals surface area (Å²) >= 11 is 23.8. The third-order valence-electron chi connectivity index (χ3n) is 7.98. The number of ether oxygens (including phenoxy) is 2. The van der Waals surface area contributed by atoms with E-state index in [1.165, 1.54) is 6.07 Å². The van der Waals surface area contributed by atoms with Crippen LogP contribution in [-0.2, 0) is 30.7 Å². The van der Waals surface area contributed by atoms with Crippen LogP contribution in [0.25, 0.3) is 5.69 Å². The van der Waals surface area contributed by atoms with Crippen molar-refractivity contribution in [3.8, 4) is 11.4 Å². The second-order valence-corrected chi connectivity index (χ2v) is 19.7. The average molecular weight is 1030 g/mol. The molecule has 0 radical (unpaired) electrons. The first-order chi connectivity index (χ1) is 30.5. The smallest absolute Gasteiger partial charge is 0.442 e. The van der Waals surface area contributed by atoms with Gasteiger partial charge in [0.15, 0.2) is 0 Å². The lowest BCUT2D eigenvalue weighted by molar-refractivity contribution is -0.135. The Kier molecular flexibility index (Phi) is 25.2. The van der Waals surface area contributed by atoms with Crippen LogP contribution in [0.1, 0.15) is 93.2 Å². The third kappa shape index (κ3) is 21.7. The van der Waals surface area contributed by atoms with Crippen LogP contribution < -0.4 is 31.3 Å². The van der Waals surface area contributed by atoms with Gasteiger partial charge in [-0.15, -0.1) is 16.7 Å². The number of carboxylic acids is 1. The molecule has 0 aliphatic carbocycles. The summed E-state index contributed by atoms with van der Waals surface area (Å²) < 4.78 is 27.2. The Balaban J connectivity index is 0.000000456. The Hall–Kier alpha value is -4.04. The summed E-state index contributed by atoms with van der Waals surface area (Å²) in [6.45, 7) is 24.4. The number of rotatable bonds is 16. The number of hydrogen-bond acceptors (Lipinski definition) is 14. The molecule has 1 amide bonds. The minimum Gasteiger partial charge on any atom is -0.489 e. The van der Waals surface area contributed by atoms with E-state index in [1.54, 1.807) is 18.1 Å². The van der Waals surface area contributed by atoms with E-state index < -0.39 is 32.2 Å². The van der Waals surface area contributed by atoms with Gasteiger partial charge in [0.25, 0.3) is 0 Å². The van der Waals surface area contributed by atoms with Gasteiger partial charge < -0.3 is 44.3 Å². The number of nitrogens with one attached hydrogen (secondary N) is 3. The van der Waals surface area contributed by atoms with Gasteiger partial charge in [0.2, 0.25) is 29.0 Å². The van der Waals surface area contributed by atoms with E-state index in [1.807, 2.05) is 88.3 Å². The molecule has 0 aliphatic heterocycles. The van der Waals surface area contributed by atoms with Crippen LogP contribution in [0.4, 0.5) is 17.6 Å². The van der Waals surface area contributed by atoms with E-state index >= 15 is 0 Å². The van der Waals surface area contributed by atoms with Crippen LogP contribution in [0.15, 0.2) is 39.5 Å². The Labute approximate surface area is 406 Å². The van der Waals surface area contributed by atoms with Crippen molar-refractivity contribution in [1.82, 2.24) is 30.0 Å². The summed E-state index contributed by atoms with van der Waals surface area (Å²) in [6, 6.07) is 9.15.